The lowest BCUT2D eigenvalue weighted by molar-refractivity contribution is -0.120. The molecule has 0 aromatic carbocycles. The Morgan fingerprint density at radius 2 is 1.59 bits per heavy atom. The predicted molar refractivity (Wildman–Crippen MR) is 151 cm³/mol. The standard InChI is InChI=1S/C32H52N2O2S/c1-22(2)8-6-9-23(3)27-12-13-28-26-11-10-25-20-24(21-37(35,36)30-33-18-7-19-34-30)14-16-31(25,4)29(26)15-17-32(27,28)5/h7,18-19,22-29H,6,8-17,20-21H2,1-5H3/t23-,24-,25+,26?,27-,28?,29?,31+,32-/m1/s1. The summed E-state index contributed by atoms with van der Waals surface area (Å²) in [6, 6.07) is 1.68. The summed E-state index contributed by atoms with van der Waals surface area (Å²) in [5.74, 6) is 6.40. The van der Waals surface area contributed by atoms with Gasteiger partial charge in [0.2, 0.25) is 15.0 Å². The van der Waals surface area contributed by atoms with E-state index in [9.17, 15) is 8.42 Å². The van der Waals surface area contributed by atoms with E-state index in [1.807, 2.05) is 0 Å². The zero-order valence-electron chi connectivity index (χ0n) is 24.2. The fourth-order valence-corrected chi connectivity index (χ4v) is 11.9. The van der Waals surface area contributed by atoms with E-state index in [2.05, 4.69) is 44.6 Å². The van der Waals surface area contributed by atoms with Crippen molar-refractivity contribution in [2.24, 2.45) is 58.2 Å². The average Bonchev–Trinajstić information content (AvgIpc) is 3.22. The Bertz CT molecular complexity index is 1030. The lowest BCUT2D eigenvalue weighted by atomic mass is 9.44. The number of hydrogen-bond donors (Lipinski definition) is 0. The quantitative estimate of drug-likeness (QED) is 0.321. The summed E-state index contributed by atoms with van der Waals surface area (Å²) < 4.78 is 26.0. The van der Waals surface area contributed by atoms with Gasteiger partial charge in [-0.3, -0.25) is 0 Å². The van der Waals surface area contributed by atoms with Crippen molar-refractivity contribution in [3.63, 3.8) is 0 Å². The maximum absolute atomic E-state index is 13.0. The van der Waals surface area contributed by atoms with Gasteiger partial charge in [-0.15, -0.1) is 0 Å². The fourth-order valence-electron chi connectivity index (χ4n) is 10.4. The third-order valence-corrected chi connectivity index (χ3v) is 13.9. The van der Waals surface area contributed by atoms with Crippen molar-refractivity contribution in [1.29, 1.82) is 0 Å². The molecule has 1 heterocycles. The molecule has 4 aliphatic carbocycles. The fraction of sp³-hybridized carbons (Fsp3) is 0.875. The van der Waals surface area contributed by atoms with Crippen LogP contribution in [0.4, 0.5) is 0 Å². The summed E-state index contributed by atoms with van der Waals surface area (Å²) in [4.78, 5) is 8.09. The molecule has 0 aliphatic heterocycles. The van der Waals surface area contributed by atoms with Crippen LogP contribution in [0.5, 0.6) is 0 Å². The molecule has 9 atom stereocenters. The van der Waals surface area contributed by atoms with Crippen LogP contribution in [0.2, 0.25) is 0 Å². The molecule has 0 saturated heterocycles. The van der Waals surface area contributed by atoms with Crippen LogP contribution < -0.4 is 0 Å². The van der Waals surface area contributed by atoms with Gasteiger partial charge in [-0.25, -0.2) is 18.4 Å². The molecule has 4 fully saturated rings. The van der Waals surface area contributed by atoms with E-state index >= 15 is 0 Å². The van der Waals surface area contributed by atoms with Gasteiger partial charge in [0.1, 0.15) is 0 Å². The molecule has 37 heavy (non-hydrogen) atoms. The van der Waals surface area contributed by atoms with Gasteiger partial charge in [0.15, 0.2) is 0 Å². The second-order valence-corrected chi connectivity index (χ2v) is 16.6. The second-order valence-electron chi connectivity index (χ2n) is 14.6. The van der Waals surface area contributed by atoms with Gasteiger partial charge in [0.05, 0.1) is 5.75 Å². The molecule has 4 nitrogen and oxygen atoms in total. The van der Waals surface area contributed by atoms with E-state index in [-0.39, 0.29) is 16.8 Å². The molecule has 1 aromatic heterocycles. The lowest BCUT2D eigenvalue weighted by Crippen LogP contribution is -2.54. The van der Waals surface area contributed by atoms with Crippen molar-refractivity contribution in [2.75, 3.05) is 5.75 Å². The molecule has 4 saturated carbocycles. The molecule has 3 unspecified atom stereocenters. The number of rotatable bonds is 8. The average molecular weight is 529 g/mol. The number of fused-ring (bicyclic) bond motifs is 5. The molecular weight excluding hydrogens is 476 g/mol. The minimum atomic E-state index is -3.41. The summed E-state index contributed by atoms with van der Waals surface area (Å²) in [7, 11) is -3.41. The van der Waals surface area contributed by atoms with Gasteiger partial charge in [-0.05, 0) is 122 Å². The monoisotopic (exact) mass is 528 g/mol. The van der Waals surface area contributed by atoms with Crippen LogP contribution >= 0.6 is 0 Å². The highest BCUT2D eigenvalue weighted by Crippen LogP contribution is 2.68. The predicted octanol–water partition coefficient (Wildman–Crippen LogP) is 7.99. The van der Waals surface area contributed by atoms with Crippen molar-refractivity contribution in [3.05, 3.63) is 18.5 Å². The first-order valence-corrected chi connectivity index (χ1v) is 17.2. The van der Waals surface area contributed by atoms with E-state index in [1.165, 1.54) is 76.6 Å². The molecule has 0 amide bonds. The Morgan fingerprint density at radius 3 is 2.32 bits per heavy atom. The summed E-state index contributed by atoms with van der Waals surface area (Å²) >= 11 is 0. The van der Waals surface area contributed by atoms with Crippen LogP contribution in [0.1, 0.15) is 112 Å². The van der Waals surface area contributed by atoms with Gasteiger partial charge < -0.3 is 0 Å². The van der Waals surface area contributed by atoms with Crippen molar-refractivity contribution >= 4 is 9.84 Å². The Labute approximate surface area is 227 Å². The summed E-state index contributed by atoms with van der Waals surface area (Å²) in [5, 5.41) is 0.00725. The molecule has 0 spiro atoms. The van der Waals surface area contributed by atoms with Crippen LogP contribution in [0, 0.1) is 58.2 Å². The highest BCUT2D eigenvalue weighted by molar-refractivity contribution is 7.91. The zero-order chi connectivity index (χ0) is 26.4. The number of aromatic nitrogens is 2. The highest BCUT2D eigenvalue weighted by atomic mass is 32.2. The third-order valence-electron chi connectivity index (χ3n) is 12.3. The van der Waals surface area contributed by atoms with Crippen molar-refractivity contribution in [3.8, 4) is 0 Å². The Kier molecular flexibility index (Phi) is 7.86. The van der Waals surface area contributed by atoms with E-state index in [0.717, 1.165) is 48.3 Å². The molecule has 5 heteroatoms. The second kappa shape index (κ2) is 10.5. The third kappa shape index (κ3) is 5.16. The van der Waals surface area contributed by atoms with Crippen LogP contribution in [-0.4, -0.2) is 24.1 Å². The van der Waals surface area contributed by atoms with Crippen LogP contribution in [0.25, 0.3) is 0 Å². The molecule has 0 radical (unpaired) electrons. The van der Waals surface area contributed by atoms with Gasteiger partial charge in [0, 0.05) is 12.4 Å². The van der Waals surface area contributed by atoms with Gasteiger partial charge in [-0.1, -0.05) is 53.9 Å². The first kappa shape index (κ1) is 27.6. The number of sulfone groups is 1. The lowest BCUT2D eigenvalue weighted by Gasteiger charge is -2.61. The zero-order valence-corrected chi connectivity index (χ0v) is 25.0. The molecular formula is C32H52N2O2S. The van der Waals surface area contributed by atoms with E-state index in [1.54, 1.807) is 6.07 Å². The van der Waals surface area contributed by atoms with Crippen LogP contribution in [0.3, 0.4) is 0 Å². The minimum Gasteiger partial charge on any atom is -0.227 e. The number of hydrogen-bond acceptors (Lipinski definition) is 4. The topological polar surface area (TPSA) is 59.9 Å². The Hall–Kier alpha value is -0.970. The van der Waals surface area contributed by atoms with Crippen molar-refractivity contribution in [1.82, 2.24) is 9.97 Å². The highest BCUT2D eigenvalue weighted by Gasteiger charge is 2.60. The first-order valence-electron chi connectivity index (χ1n) is 15.5. The normalized spacial score (nSPS) is 40.6. The summed E-state index contributed by atoms with van der Waals surface area (Å²) in [6.45, 7) is 12.6. The molecule has 0 N–H and O–H groups in total. The van der Waals surface area contributed by atoms with E-state index in [0.29, 0.717) is 16.7 Å². The first-order chi connectivity index (χ1) is 17.5. The molecule has 4 aliphatic rings. The van der Waals surface area contributed by atoms with Gasteiger partial charge >= 0.3 is 0 Å². The van der Waals surface area contributed by atoms with Crippen LogP contribution in [0.15, 0.2) is 23.6 Å². The SMILES string of the molecule is CC(C)CCC[C@@H](C)[C@H]1CCC2C3CC[C@H]4C[C@H](CS(=O)(=O)c5ncccn5)CC[C@]4(C)C3CC[C@@]21C. The summed E-state index contributed by atoms with van der Waals surface area (Å²) in [6.07, 6.45) is 19.0. The smallest absolute Gasteiger partial charge is 0.227 e. The maximum Gasteiger partial charge on any atom is 0.247 e. The van der Waals surface area contributed by atoms with E-state index < -0.39 is 9.84 Å². The van der Waals surface area contributed by atoms with Gasteiger partial charge in [-0.2, -0.15) is 0 Å². The largest absolute Gasteiger partial charge is 0.247 e. The van der Waals surface area contributed by atoms with Crippen LogP contribution in [-0.2, 0) is 9.84 Å². The molecule has 0 bridgehead atoms. The number of nitrogens with zero attached hydrogens (tertiary/aromatic N) is 2. The minimum absolute atomic E-state index is 0.00725. The molecule has 1 aromatic rings. The Morgan fingerprint density at radius 1 is 0.892 bits per heavy atom. The molecule has 5 rings (SSSR count). The van der Waals surface area contributed by atoms with Crippen molar-refractivity contribution < 1.29 is 8.42 Å². The van der Waals surface area contributed by atoms with Gasteiger partial charge in [0.25, 0.3) is 0 Å². The maximum atomic E-state index is 13.0. The van der Waals surface area contributed by atoms with E-state index in [4.69, 9.17) is 0 Å². The Balaban J connectivity index is 1.24. The molecule has 208 valence electrons. The summed E-state index contributed by atoms with van der Waals surface area (Å²) in [5.41, 5.74) is 0.942. The van der Waals surface area contributed by atoms with Crippen molar-refractivity contribution in [2.45, 2.75) is 117 Å².